The largest absolute Gasteiger partial charge is 0.336 e. The van der Waals surface area contributed by atoms with E-state index in [4.69, 9.17) is 4.52 Å². The first kappa shape index (κ1) is 20.5. The molecule has 3 aromatic heterocycles. The minimum atomic E-state index is -0.205. The van der Waals surface area contributed by atoms with Crippen molar-refractivity contribution in [2.45, 2.75) is 32.7 Å². The number of imidazole rings is 1. The molecule has 0 aliphatic carbocycles. The molecule has 0 saturated heterocycles. The van der Waals surface area contributed by atoms with E-state index in [2.05, 4.69) is 20.1 Å². The molecule has 1 aromatic carbocycles. The van der Waals surface area contributed by atoms with E-state index in [0.29, 0.717) is 29.8 Å². The monoisotopic (exact) mass is 416 g/mol. The molecule has 0 aliphatic rings. The summed E-state index contributed by atoms with van der Waals surface area (Å²) in [5.41, 5.74) is 1.94. The Balaban J connectivity index is 1.53. The molecule has 0 bridgehead atoms. The predicted molar refractivity (Wildman–Crippen MR) is 116 cm³/mol. The molecule has 0 fully saturated rings. The van der Waals surface area contributed by atoms with E-state index in [1.165, 1.54) is 0 Å². The summed E-state index contributed by atoms with van der Waals surface area (Å²) in [7, 11) is 1.76. The van der Waals surface area contributed by atoms with E-state index < -0.39 is 0 Å². The molecular weight excluding hydrogens is 392 g/mol. The van der Waals surface area contributed by atoms with Crippen LogP contribution in [0.25, 0.3) is 17.3 Å². The highest BCUT2D eigenvalue weighted by Crippen LogP contribution is 2.24. The quantitative estimate of drug-likeness (QED) is 0.490. The number of amides is 1. The van der Waals surface area contributed by atoms with Gasteiger partial charge >= 0.3 is 0 Å². The van der Waals surface area contributed by atoms with Crippen molar-refractivity contribution in [3.05, 3.63) is 78.3 Å². The van der Waals surface area contributed by atoms with Crippen molar-refractivity contribution in [2.24, 2.45) is 0 Å². The van der Waals surface area contributed by atoms with Crippen LogP contribution in [0.2, 0.25) is 0 Å². The Morgan fingerprint density at radius 2 is 1.90 bits per heavy atom. The summed E-state index contributed by atoms with van der Waals surface area (Å²) in [6.07, 6.45) is 4.91. The Kier molecular flexibility index (Phi) is 5.37. The molecule has 8 nitrogen and oxygen atoms in total. The van der Waals surface area contributed by atoms with Gasteiger partial charge in [-0.15, -0.1) is 0 Å². The molecule has 3 heterocycles. The van der Waals surface area contributed by atoms with Crippen molar-refractivity contribution in [3.8, 4) is 17.3 Å². The van der Waals surface area contributed by atoms with Crippen LogP contribution in [0.4, 0.5) is 0 Å². The van der Waals surface area contributed by atoms with Crippen molar-refractivity contribution in [1.29, 1.82) is 0 Å². The average molecular weight is 416 g/mol. The number of carbonyl (C=O) groups is 1. The van der Waals surface area contributed by atoms with Crippen LogP contribution in [0.3, 0.4) is 0 Å². The van der Waals surface area contributed by atoms with Crippen LogP contribution in [0, 0.1) is 0 Å². The minimum Gasteiger partial charge on any atom is -0.336 e. The fourth-order valence-electron chi connectivity index (χ4n) is 3.02. The summed E-state index contributed by atoms with van der Waals surface area (Å²) in [5.74, 6) is 1.50. The van der Waals surface area contributed by atoms with Gasteiger partial charge < -0.3 is 9.42 Å². The number of aromatic nitrogens is 5. The highest BCUT2D eigenvalue weighted by molar-refractivity contribution is 5.92. The van der Waals surface area contributed by atoms with Gasteiger partial charge in [-0.25, -0.2) is 9.97 Å². The van der Waals surface area contributed by atoms with Gasteiger partial charge in [0.05, 0.1) is 0 Å². The molecule has 0 spiro atoms. The second-order valence-electron chi connectivity index (χ2n) is 8.39. The maximum atomic E-state index is 12.8. The zero-order valence-electron chi connectivity index (χ0n) is 18.0. The van der Waals surface area contributed by atoms with Crippen LogP contribution in [0.5, 0.6) is 0 Å². The Hall–Kier alpha value is -3.81. The summed E-state index contributed by atoms with van der Waals surface area (Å²) in [5, 5.41) is 4.07. The fraction of sp³-hybridized carbons (Fsp3) is 0.261. The Morgan fingerprint density at radius 1 is 1.13 bits per heavy atom. The molecule has 0 N–H and O–H groups in total. The Bertz CT molecular complexity index is 1190. The summed E-state index contributed by atoms with van der Waals surface area (Å²) in [6.45, 7) is 6.59. The van der Waals surface area contributed by atoms with Gasteiger partial charge in [-0.2, -0.15) is 4.98 Å². The lowest BCUT2D eigenvalue weighted by atomic mass is 9.96. The molecule has 158 valence electrons. The number of pyridine rings is 1. The molecule has 8 heteroatoms. The van der Waals surface area contributed by atoms with Crippen LogP contribution in [-0.4, -0.2) is 42.5 Å². The van der Waals surface area contributed by atoms with Gasteiger partial charge in [0, 0.05) is 37.0 Å². The molecule has 0 unspecified atom stereocenters. The van der Waals surface area contributed by atoms with Gasteiger partial charge in [-0.3, -0.25) is 9.36 Å². The number of carbonyl (C=O) groups excluding carboxylic acids is 1. The van der Waals surface area contributed by atoms with E-state index >= 15 is 0 Å². The van der Waals surface area contributed by atoms with Crippen LogP contribution in [0.15, 0.2) is 65.7 Å². The molecule has 4 rings (SSSR count). The molecule has 0 saturated carbocycles. The average Bonchev–Trinajstić information content (AvgIpc) is 3.44. The third kappa shape index (κ3) is 4.53. The molecule has 4 aromatic rings. The van der Waals surface area contributed by atoms with Gasteiger partial charge in [0.25, 0.3) is 11.8 Å². The van der Waals surface area contributed by atoms with Gasteiger partial charge in [-0.05, 0) is 17.7 Å². The van der Waals surface area contributed by atoms with Gasteiger partial charge in [0.1, 0.15) is 17.8 Å². The van der Waals surface area contributed by atoms with E-state index in [-0.39, 0.29) is 11.3 Å². The van der Waals surface area contributed by atoms with E-state index in [0.717, 1.165) is 11.1 Å². The summed E-state index contributed by atoms with van der Waals surface area (Å²) >= 11 is 0. The van der Waals surface area contributed by atoms with Crippen molar-refractivity contribution in [1.82, 2.24) is 29.6 Å². The second-order valence-corrected chi connectivity index (χ2v) is 8.39. The molecular formula is C23H24N6O2. The first-order valence-electron chi connectivity index (χ1n) is 9.95. The van der Waals surface area contributed by atoms with Crippen molar-refractivity contribution < 1.29 is 9.32 Å². The standard InChI is InChI=1S/C23H24N6O2/c1-23(2,3)22-26-20(31-27-22)17-10-11-24-19(12-17)29-14-18(25-15-29)21(30)28(4)13-16-8-6-5-7-9-16/h5-12,14-15H,13H2,1-4H3. The lowest BCUT2D eigenvalue weighted by Crippen LogP contribution is -2.26. The van der Waals surface area contributed by atoms with Gasteiger partial charge in [0.2, 0.25) is 0 Å². The zero-order valence-corrected chi connectivity index (χ0v) is 18.0. The number of hydrogen-bond acceptors (Lipinski definition) is 6. The fourth-order valence-corrected chi connectivity index (χ4v) is 3.02. The molecule has 0 atom stereocenters. The predicted octanol–water partition coefficient (Wildman–Crippen LogP) is 3.89. The van der Waals surface area contributed by atoms with Crippen LogP contribution < -0.4 is 0 Å². The van der Waals surface area contributed by atoms with Crippen molar-refractivity contribution in [3.63, 3.8) is 0 Å². The summed E-state index contributed by atoms with van der Waals surface area (Å²) in [6, 6.07) is 13.5. The summed E-state index contributed by atoms with van der Waals surface area (Å²) in [4.78, 5) is 27.6. The number of nitrogens with zero attached hydrogens (tertiary/aromatic N) is 6. The van der Waals surface area contributed by atoms with Gasteiger partial charge in [0.15, 0.2) is 5.82 Å². The van der Waals surface area contributed by atoms with Crippen molar-refractivity contribution >= 4 is 5.91 Å². The lowest BCUT2D eigenvalue weighted by Gasteiger charge is -2.15. The topological polar surface area (TPSA) is 89.9 Å². The first-order valence-corrected chi connectivity index (χ1v) is 9.95. The highest BCUT2D eigenvalue weighted by atomic mass is 16.5. The van der Waals surface area contributed by atoms with E-state index in [9.17, 15) is 4.79 Å². The number of rotatable bonds is 5. The molecule has 0 radical (unpaired) electrons. The molecule has 31 heavy (non-hydrogen) atoms. The van der Waals surface area contributed by atoms with Gasteiger partial charge in [-0.1, -0.05) is 56.3 Å². The maximum absolute atomic E-state index is 12.8. The third-order valence-electron chi connectivity index (χ3n) is 4.76. The minimum absolute atomic E-state index is 0.162. The Morgan fingerprint density at radius 3 is 2.61 bits per heavy atom. The SMILES string of the molecule is CN(Cc1ccccc1)C(=O)c1cn(-c2cc(-c3nc(C(C)(C)C)no3)ccn2)cn1. The third-order valence-corrected chi connectivity index (χ3v) is 4.76. The first-order chi connectivity index (χ1) is 14.8. The van der Waals surface area contributed by atoms with Crippen LogP contribution >= 0.6 is 0 Å². The van der Waals surface area contributed by atoms with E-state index in [1.807, 2.05) is 57.2 Å². The maximum Gasteiger partial charge on any atom is 0.274 e. The highest BCUT2D eigenvalue weighted by Gasteiger charge is 2.22. The molecule has 0 aliphatic heterocycles. The Labute approximate surface area is 180 Å². The van der Waals surface area contributed by atoms with Crippen LogP contribution in [0.1, 0.15) is 42.6 Å². The van der Waals surface area contributed by atoms with Crippen LogP contribution in [-0.2, 0) is 12.0 Å². The number of hydrogen-bond donors (Lipinski definition) is 0. The smallest absolute Gasteiger partial charge is 0.274 e. The number of benzene rings is 1. The summed E-state index contributed by atoms with van der Waals surface area (Å²) < 4.78 is 7.13. The molecule has 1 amide bonds. The van der Waals surface area contributed by atoms with E-state index in [1.54, 1.807) is 41.3 Å². The second kappa shape index (κ2) is 8.14. The lowest BCUT2D eigenvalue weighted by molar-refractivity contribution is 0.0780. The van der Waals surface area contributed by atoms with Crippen molar-refractivity contribution in [2.75, 3.05) is 7.05 Å². The zero-order chi connectivity index (χ0) is 22.0. The normalized spacial score (nSPS) is 11.5.